The highest BCUT2D eigenvalue weighted by molar-refractivity contribution is 5.76. The monoisotopic (exact) mass is 1350 g/mol. The molecule has 0 bridgehead atoms. The van der Waals surface area contributed by atoms with Crippen LogP contribution >= 0.6 is 0 Å². The quantitative estimate of drug-likeness (QED) is 0.0195. The number of hydrogen-bond donors (Lipinski definition) is 6. The maximum absolute atomic E-state index is 13.1. The number of ether oxygens (including phenoxy) is 3. The van der Waals surface area contributed by atoms with Crippen LogP contribution in [0.15, 0.2) is 60.8 Å². The minimum atomic E-state index is -1.58. The van der Waals surface area contributed by atoms with Gasteiger partial charge in [-0.15, -0.1) is 0 Å². The van der Waals surface area contributed by atoms with E-state index in [0.717, 1.165) is 64.2 Å². The molecular weight excluding hydrogens is 1190 g/mol. The van der Waals surface area contributed by atoms with Gasteiger partial charge in [-0.2, -0.15) is 0 Å². The topological polar surface area (TPSA) is 175 Å². The zero-order valence-electron chi connectivity index (χ0n) is 62.8. The number of unbranched alkanes of at least 4 members (excludes halogenated alkanes) is 52. The summed E-state index contributed by atoms with van der Waals surface area (Å²) in [6.07, 6.45) is 89.7. The van der Waals surface area contributed by atoms with Crippen LogP contribution in [-0.2, 0) is 23.8 Å². The first kappa shape index (κ1) is 91.4. The Morgan fingerprint density at radius 3 is 1.09 bits per heavy atom. The zero-order valence-corrected chi connectivity index (χ0v) is 62.8. The molecule has 0 saturated carbocycles. The second-order valence-electron chi connectivity index (χ2n) is 28.8. The van der Waals surface area contributed by atoms with Gasteiger partial charge in [0.1, 0.15) is 24.4 Å². The summed E-state index contributed by atoms with van der Waals surface area (Å²) in [4.78, 5) is 25.2. The Kier molecular flexibility index (Phi) is 70.0. The molecule has 7 atom stereocenters. The fourth-order valence-electron chi connectivity index (χ4n) is 13.1. The van der Waals surface area contributed by atoms with Gasteiger partial charge in [0, 0.05) is 12.8 Å². The number of nitrogens with one attached hydrogen (secondary N) is 1. The highest BCUT2D eigenvalue weighted by atomic mass is 16.7. The van der Waals surface area contributed by atoms with Gasteiger partial charge in [0.2, 0.25) is 5.91 Å². The first-order chi connectivity index (χ1) is 47.2. The molecule has 96 heavy (non-hydrogen) atoms. The number of carbonyl (C=O) groups is 2. The van der Waals surface area contributed by atoms with Crippen molar-refractivity contribution in [2.24, 2.45) is 0 Å². The van der Waals surface area contributed by atoms with Crippen LogP contribution in [0.1, 0.15) is 406 Å². The molecule has 1 amide bonds. The Morgan fingerprint density at radius 2 is 0.708 bits per heavy atom. The average molecular weight is 1350 g/mol. The third-order valence-corrected chi connectivity index (χ3v) is 19.6. The molecule has 6 N–H and O–H groups in total. The Balaban J connectivity index is 1.92. The number of rotatable bonds is 74. The molecule has 0 aromatic rings. The van der Waals surface area contributed by atoms with E-state index < -0.39 is 49.5 Å². The molecule has 1 saturated heterocycles. The van der Waals surface area contributed by atoms with Crippen LogP contribution < -0.4 is 5.32 Å². The fraction of sp³-hybridized carbons (Fsp3) is 0.859. The van der Waals surface area contributed by atoms with Gasteiger partial charge in [-0.05, 0) is 103 Å². The molecule has 11 heteroatoms. The molecule has 0 radical (unpaired) electrons. The normalized spacial score (nSPS) is 17.6. The Bertz CT molecular complexity index is 1780. The van der Waals surface area contributed by atoms with E-state index in [4.69, 9.17) is 14.2 Å². The van der Waals surface area contributed by atoms with E-state index in [0.29, 0.717) is 19.4 Å². The lowest BCUT2D eigenvalue weighted by atomic mass is 9.99. The van der Waals surface area contributed by atoms with Gasteiger partial charge in [-0.1, -0.05) is 351 Å². The third-order valence-electron chi connectivity index (χ3n) is 19.6. The predicted molar refractivity (Wildman–Crippen MR) is 407 cm³/mol. The summed E-state index contributed by atoms with van der Waals surface area (Å²) in [5, 5.41) is 54.6. The third kappa shape index (κ3) is 61.2. The van der Waals surface area contributed by atoms with Gasteiger partial charge >= 0.3 is 5.97 Å². The van der Waals surface area contributed by atoms with E-state index >= 15 is 0 Å². The van der Waals surface area contributed by atoms with Crippen molar-refractivity contribution in [1.82, 2.24) is 5.32 Å². The van der Waals surface area contributed by atoms with Crippen molar-refractivity contribution < 1.29 is 49.3 Å². The highest BCUT2D eigenvalue weighted by Gasteiger charge is 2.44. The number of hydrogen-bond acceptors (Lipinski definition) is 10. The second kappa shape index (κ2) is 73.6. The molecule has 11 nitrogen and oxygen atoms in total. The van der Waals surface area contributed by atoms with Gasteiger partial charge < -0.3 is 45.1 Å². The predicted octanol–water partition coefficient (Wildman–Crippen LogP) is 22.8. The average Bonchev–Trinajstić information content (AvgIpc) is 1.45. The van der Waals surface area contributed by atoms with Gasteiger partial charge in [0.25, 0.3) is 0 Å². The molecule has 1 aliphatic rings. The molecule has 1 heterocycles. The van der Waals surface area contributed by atoms with Crippen molar-refractivity contribution in [2.75, 3.05) is 19.8 Å². The van der Waals surface area contributed by atoms with Crippen molar-refractivity contribution >= 4 is 11.9 Å². The number of aliphatic hydroxyl groups is 5. The van der Waals surface area contributed by atoms with E-state index in [1.54, 1.807) is 6.08 Å². The molecule has 1 fully saturated rings. The van der Waals surface area contributed by atoms with Crippen LogP contribution in [0, 0.1) is 0 Å². The Hall–Kier alpha value is -2.64. The summed E-state index contributed by atoms with van der Waals surface area (Å²) in [5.74, 6) is -0.180. The van der Waals surface area contributed by atoms with Gasteiger partial charge in [-0.3, -0.25) is 9.59 Å². The standard InChI is InChI=1S/C85H157NO10/c1-3-5-7-9-11-13-15-17-44-47-51-55-59-63-67-71-78(88)77(76-95-85-84(93)83(92)82(91)79(75-87)96-85)86-80(89)72-68-64-60-56-52-48-45-42-40-38-36-34-32-30-28-26-24-22-20-19-21-23-25-27-29-31-33-35-37-39-41-43-46-50-54-58-62-66-70-74-94-81(90)73-69-65-61-57-53-49-18-16-14-12-10-8-6-4-2/h16,18-20,23,25,51,55,67,71,77-79,82-85,87-88,91-93H,3-15,17,21-22,24,26-50,52-54,56-66,68-70,72-76H2,1-2H3,(H,86,89)/b18-16-,20-19-,25-23-,55-51+,71-67+. The lowest BCUT2D eigenvalue weighted by molar-refractivity contribution is -0.302. The summed E-state index contributed by atoms with van der Waals surface area (Å²) in [6.45, 7) is 4.36. The SMILES string of the molecule is CCCCCCC/C=C\CCCCCCCC(=O)OCCCCCCCCCCCCCCCCC/C=C\C/C=C\CCCCCCCCCCCCCCCCCCCC(=O)NC(COC1OC(CO)C(O)C(O)C1O)C(O)/C=C/CC/C=C/CCCCCCCCCCC. The number of carbonyl (C=O) groups excluding carboxylic acids is 2. The van der Waals surface area contributed by atoms with E-state index in [2.05, 4.69) is 67.8 Å². The molecule has 1 rings (SSSR count). The van der Waals surface area contributed by atoms with E-state index in [9.17, 15) is 35.1 Å². The maximum atomic E-state index is 13.1. The summed E-state index contributed by atoms with van der Waals surface area (Å²) >= 11 is 0. The lowest BCUT2D eigenvalue weighted by Crippen LogP contribution is -2.60. The minimum absolute atomic E-state index is 0.00616. The van der Waals surface area contributed by atoms with Crippen LogP contribution in [0.2, 0.25) is 0 Å². The van der Waals surface area contributed by atoms with E-state index in [1.807, 2.05) is 6.08 Å². The van der Waals surface area contributed by atoms with Crippen molar-refractivity contribution in [3.05, 3.63) is 60.8 Å². The van der Waals surface area contributed by atoms with E-state index in [-0.39, 0.29) is 18.5 Å². The molecule has 0 spiro atoms. The van der Waals surface area contributed by atoms with Gasteiger partial charge in [0.15, 0.2) is 6.29 Å². The van der Waals surface area contributed by atoms with Crippen LogP contribution in [0.3, 0.4) is 0 Å². The lowest BCUT2D eigenvalue weighted by Gasteiger charge is -2.40. The second-order valence-corrected chi connectivity index (χ2v) is 28.8. The van der Waals surface area contributed by atoms with Crippen LogP contribution in [0.4, 0.5) is 0 Å². The molecule has 562 valence electrons. The molecular formula is C85H157NO10. The van der Waals surface area contributed by atoms with Gasteiger partial charge in [-0.25, -0.2) is 0 Å². The summed E-state index contributed by atoms with van der Waals surface area (Å²) < 4.78 is 16.8. The maximum Gasteiger partial charge on any atom is 0.305 e. The Morgan fingerprint density at radius 1 is 0.385 bits per heavy atom. The van der Waals surface area contributed by atoms with Crippen molar-refractivity contribution in [3.8, 4) is 0 Å². The van der Waals surface area contributed by atoms with Crippen molar-refractivity contribution in [1.29, 1.82) is 0 Å². The van der Waals surface area contributed by atoms with Crippen LogP contribution in [0.25, 0.3) is 0 Å². The smallest absolute Gasteiger partial charge is 0.305 e. The van der Waals surface area contributed by atoms with E-state index in [1.165, 1.54) is 315 Å². The first-order valence-electron chi connectivity index (χ1n) is 41.6. The summed E-state index contributed by atoms with van der Waals surface area (Å²) in [6, 6.07) is -0.827. The number of amides is 1. The number of esters is 1. The number of aliphatic hydroxyl groups excluding tert-OH is 5. The summed E-state index contributed by atoms with van der Waals surface area (Å²) in [5.41, 5.74) is 0. The zero-order chi connectivity index (χ0) is 69.4. The van der Waals surface area contributed by atoms with Gasteiger partial charge in [0.05, 0.1) is 32.0 Å². The Labute approximate surface area is 592 Å². The molecule has 1 aliphatic heterocycles. The van der Waals surface area contributed by atoms with Crippen LogP contribution in [0.5, 0.6) is 0 Å². The molecule has 0 aromatic heterocycles. The summed E-state index contributed by atoms with van der Waals surface area (Å²) in [7, 11) is 0. The van der Waals surface area contributed by atoms with Crippen molar-refractivity contribution in [2.45, 2.75) is 448 Å². The van der Waals surface area contributed by atoms with Crippen molar-refractivity contribution in [3.63, 3.8) is 0 Å². The molecule has 0 aliphatic carbocycles. The molecule has 0 aromatic carbocycles. The minimum Gasteiger partial charge on any atom is -0.466 e. The fourth-order valence-corrected chi connectivity index (χ4v) is 13.1. The highest BCUT2D eigenvalue weighted by Crippen LogP contribution is 2.24. The first-order valence-corrected chi connectivity index (χ1v) is 41.6. The van der Waals surface area contributed by atoms with Crippen LogP contribution in [-0.4, -0.2) is 100 Å². The molecule has 7 unspecified atom stereocenters. The number of allylic oxidation sites excluding steroid dienone is 9. The largest absolute Gasteiger partial charge is 0.466 e.